The van der Waals surface area contributed by atoms with Crippen LogP contribution in [0.1, 0.15) is 0 Å². The zero-order chi connectivity index (χ0) is 12.8. The molecule has 1 aromatic carbocycles. The van der Waals surface area contributed by atoms with Crippen LogP contribution in [0, 0.1) is 12.3 Å². The average Bonchev–Trinajstić information content (AvgIpc) is 2.40. The summed E-state index contributed by atoms with van der Waals surface area (Å²) in [6, 6.07) is 9.73. The maximum atomic E-state index is 5.20. The van der Waals surface area contributed by atoms with Gasteiger partial charge < -0.3 is 10.6 Å². The van der Waals surface area contributed by atoms with E-state index in [1.165, 1.54) is 0 Å². The van der Waals surface area contributed by atoms with E-state index < -0.39 is 0 Å². The van der Waals surface area contributed by atoms with Crippen molar-refractivity contribution in [2.45, 2.75) is 0 Å². The van der Waals surface area contributed by atoms with Crippen LogP contribution in [-0.4, -0.2) is 16.5 Å². The molecule has 0 spiro atoms. The van der Waals surface area contributed by atoms with Crippen LogP contribution in [0.5, 0.6) is 0 Å². The SMILES string of the molecule is C#CCNc1nc(Nc2ccccc2)ncc1Br. The van der Waals surface area contributed by atoms with Gasteiger partial charge in [-0.25, -0.2) is 4.98 Å². The number of para-hydroxylation sites is 1. The molecule has 0 unspecified atom stereocenters. The first-order valence-corrected chi connectivity index (χ1v) is 6.11. The minimum atomic E-state index is 0.417. The largest absolute Gasteiger partial charge is 0.358 e. The fraction of sp³-hybridized carbons (Fsp3) is 0.0769. The van der Waals surface area contributed by atoms with Gasteiger partial charge in [0.2, 0.25) is 5.95 Å². The highest BCUT2D eigenvalue weighted by Gasteiger charge is 2.04. The summed E-state index contributed by atoms with van der Waals surface area (Å²) >= 11 is 3.36. The fourth-order valence-corrected chi connectivity index (χ4v) is 1.67. The number of aromatic nitrogens is 2. The Hall–Kier alpha value is -2.06. The van der Waals surface area contributed by atoms with Crippen LogP contribution in [0.4, 0.5) is 17.5 Å². The van der Waals surface area contributed by atoms with E-state index in [0.717, 1.165) is 10.2 Å². The maximum Gasteiger partial charge on any atom is 0.229 e. The molecule has 18 heavy (non-hydrogen) atoms. The Morgan fingerprint density at radius 3 is 2.78 bits per heavy atom. The lowest BCUT2D eigenvalue weighted by Crippen LogP contribution is -2.05. The second kappa shape index (κ2) is 6.03. The third-order valence-corrected chi connectivity index (χ3v) is 2.71. The number of nitrogens with one attached hydrogen (secondary N) is 2. The summed E-state index contributed by atoms with van der Waals surface area (Å²) in [6.07, 6.45) is 6.88. The Morgan fingerprint density at radius 2 is 2.06 bits per heavy atom. The number of benzene rings is 1. The van der Waals surface area contributed by atoms with Gasteiger partial charge in [0.15, 0.2) is 0 Å². The van der Waals surface area contributed by atoms with Crippen molar-refractivity contribution >= 4 is 33.4 Å². The number of nitrogens with zero attached hydrogens (tertiary/aromatic N) is 2. The summed E-state index contributed by atoms with van der Waals surface area (Å²) in [7, 11) is 0. The first kappa shape index (κ1) is 12.4. The highest BCUT2D eigenvalue weighted by Crippen LogP contribution is 2.21. The quantitative estimate of drug-likeness (QED) is 0.853. The molecule has 0 radical (unpaired) electrons. The molecule has 0 saturated carbocycles. The number of hydrogen-bond donors (Lipinski definition) is 2. The third kappa shape index (κ3) is 3.22. The van der Waals surface area contributed by atoms with Crippen LogP contribution >= 0.6 is 15.9 Å². The number of anilines is 3. The lowest BCUT2D eigenvalue weighted by atomic mass is 10.3. The molecular weight excluding hydrogens is 292 g/mol. The van der Waals surface area contributed by atoms with Crippen LogP contribution in [0.25, 0.3) is 0 Å². The van der Waals surface area contributed by atoms with Gasteiger partial charge in [0.1, 0.15) is 5.82 Å². The van der Waals surface area contributed by atoms with E-state index in [9.17, 15) is 0 Å². The molecule has 0 amide bonds. The monoisotopic (exact) mass is 302 g/mol. The summed E-state index contributed by atoms with van der Waals surface area (Å²) in [5.41, 5.74) is 0.933. The Kier molecular flexibility index (Phi) is 4.15. The molecule has 0 aliphatic carbocycles. The van der Waals surface area contributed by atoms with Crippen LogP contribution in [-0.2, 0) is 0 Å². The molecule has 5 heteroatoms. The number of halogens is 1. The van der Waals surface area contributed by atoms with Crippen molar-refractivity contribution in [1.29, 1.82) is 0 Å². The second-order valence-electron chi connectivity index (χ2n) is 3.44. The molecule has 4 nitrogen and oxygen atoms in total. The Morgan fingerprint density at radius 1 is 1.28 bits per heavy atom. The zero-order valence-electron chi connectivity index (χ0n) is 9.52. The predicted molar refractivity (Wildman–Crippen MR) is 76.8 cm³/mol. The normalized spacial score (nSPS) is 9.56. The first-order chi connectivity index (χ1) is 8.79. The molecule has 2 N–H and O–H groups in total. The maximum absolute atomic E-state index is 5.20. The molecule has 0 aliphatic rings. The molecule has 1 aromatic heterocycles. The smallest absolute Gasteiger partial charge is 0.229 e. The molecule has 0 fully saturated rings. The number of hydrogen-bond acceptors (Lipinski definition) is 4. The first-order valence-electron chi connectivity index (χ1n) is 5.31. The van der Waals surface area contributed by atoms with Crippen molar-refractivity contribution < 1.29 is 0 Å². The molecule has 90 valence electrons. The molecule has 0 aliphatic heterocycles. The molecule has 0 atom stereocenters. The highest BCUT2D eigenvalue weighted by molar-refractivity contribution is 9.10. The lowest BCUT2D eigenvalue weighted by Gasteiger charge is -2.08. The van der Waals surface area contributed by atoms with Gasteiger partial charge in [0.25, 0.3) is 0 Å². The van der Waals surface area contributed by atoms with Gasteiger partial charge >= 0.3 is 0 Å². The molecule has 2 rings (SSSR count). The van der Waals surface area contributed by atoms with Crippen molar-refractivity contribution in [2.24, 2.45) is 0 Å². The van der Waals surface area contributed by atoms with Crippen LogP contribution in [0.2, 0.25) is 0 Å². The zero-order valence-corrected chi connectivity index (χ0v) is 11.1. The van der Waals surface area contributed by atoms with Crippen molar-refractivity contribution in [1.82, 2.24) is 9.97 Å². The van der Waals surface area contributed by atoms with Crippen LogP contribution in [0.3, 0.4) is 0 Å². The molecule has 1 heterocycles. The second-order valence-corrected chi connectivity index (χ2v) is 4.29. The van der Waals surface area contributed by atoms with Gasteiger partial charge in [-0.1, -0.05) is 24.1 Å². The van der Waals surface area contributed by atoms with E-state index in [-0.39, 0.29) is 0 Å². The van der Waals surface area contributed by atoms with Gasteiger partial charge in [-0.05, 0) is 28.1 Å². The predicted octanol–water partition coefficient (Wildman–Crippen LogP) is 3.03. The van der Waals surface area contributed by atoms with E-state index >= 15 is 0 Å². The van der Waals surface area contributed by atoms with Gasteiger partial charge in [-0.2, -0.15) is 4.98 Å². The Labute approximate surface area is 114 Å². The summed E-state index contributed by atoms with van der Waals surface area (Å²) in [5, 5.41) is 6.13. The van der Waals surface area contributed by atoms with E-state index in [4.69, 9.17) is 6.42 Å². The Bertz CT molecular complexity index is 563. The number of terminal acetylenes is 1. The molecular formula is C13H11BrN4. The van der Waals surface area contributed by atoms with Gasteiger partial charge in [-0.15, -0.1) is 6.42 Å². The minimum Gasteiger partial charge on any atom is -0.358 e. The summed E-state index contributed by atoms with van der Waals surface area (Å²) in [4.78, 5) is 8.51. The van der Waals surface area contributed by atoms with E-state index in [1.54, 1.807) is 6.20 Å². The van der Waals surface area contributed by atoms with Crippen molar-refractivity contribution in [3.63, 3.8) is 0 Å². The summed E-state index contributed by atoms with van der Waals surface area (Å²) < 4.78 is 0.774. The topological polar surface area (TPSA) is 49.8 Å². The molecule has 0 bridgehead atoms. The van der Waals surface area contributed by atoms with Crippen LogP contribution < -0.4 is 10.6 Å². The third-order valence-electron chi connectivity index (χ3n) is 2.13. The fourth-order valence-electron chi connectivity index (χ4n) is 1.34. The molecule has 0 saturated heterocycles. The average molecular weight is 303 g/mol. The van der Waals surface area contributed by atoms with Crippen molar-refractivity contribution in [3.05, 3.63) is 41.0 Å². The van der Waals surface area contributed by atoms with E-state index in [0.29, 0.717) is 18.3 Å². The minimum absolute atomic E-state index is 0.417. The van der Waals surface area contributed by atoms with Crippen molar-refractivity contribution in [2.75, 3.05) is 17.2 Å². The lowest BCUT2D eigenvalue weighted by molar-refractivity contribution is 1.13. The van der Waals surface area contributed by atoms with E-state index in [1.807, 2.05) is 30.3 Å². The standard InChI is InChI=1S/C13H11BrN4/c1-2-8-15-12-11(14)9-16-13(18-12)17-10-6-4-3-5-7-10/h1,3-7,9H,8H2,(H2,15,16,17,18). The summed E-state index contributed by atoms with van der Waals surface area (Å²) in [5.74, 6) is 3.69. The number of rotatable bonds is 4. The highest BCUT2D eigenvalue weighted by atomic mass is 79.9. The Balaban J connectivity index is 2.17. The van der Waals surface area contributed by atoms with Gasteiger partial charge in [0.05, 0.1) is 11.0 Å². The van der Waals surface area contributed by atoms with Crippen molar-refractivity contribution in [3.8, 4) is 12.3 Å². The van der Waals surface area contributed by atoms with Gasteiger partial charge in [0, 0.05) is 11.9 Å². The van der Waals surface area contributed by atoms with Gasteiger partial charge in [-0.3, -0.25) is 0 Å². The van der Waals surface area contributed by atoms with Crippen LogP contribution in [0.15, 0.2) is 41.0 Å². The van der Waals surface area contributed by atoms with E-state index in [2.05, 4.69) is 42.5 Å². The summed E-state index contributed by atoms with van der Waals surface area (Å²) in [6.45, 7) is 0.417. The molecule has 2 aromatic rings.